The monoisotopic (exact) mass is 520 g/mol. The predicted molar refractivity (Wildman–Crippen MR) is 127 cm³/mol. The summed E-state index contributed by atoms with van der Waals surface area (Å²) in [6, 6.07) is 6.65. The summed E-state index contributed by atoms with van der Waals surface area (Å²) in [5.74, 6) is 0.744. The van der Waals surface area contributed by atoms with Gasteiger partial charge in [0.2, 0.25) is 0 Å². The number of nitro groups is 1. The molecule has 0 radical (unpaired) electrons. The normalized spacial score (nSPS) is 15.3. The van der Waals surface area contributed by atoms with Gasteiger partial charge in [0.05, 0.1) is 24.7 Å². The Bertz CT molecular complexity index is 665. The molecule has 2 rings (SSSR count). The summed E-state index contributed by atoms with van der Waals surface area (Å²) in [7, 11) is 0. The lowest BCUT2D eigenvalue weighted by Gasteiger charge is -2.39. The van der Waals surface area contributed by atoms with Gasteiger partial charge in [-0.1, -0.05) is 12.1 Å². The van der Waals surface area contributed by atoms with E-state index in [1.165, 1.54) is 6.07 Å². The second-order valence-corrected chi connectivity index (χ2v) is 7.23. The topological polar surface area (TPSA) is 104 Å². The Balaban J connectivity index is 0.00000420. The van der Waals surface area contributed by atoms with Crippen molar-refractivity contribution in [3.8, 4) is 0 Å². The van der Waals surface area contributed by atoms with Crippen LogP contribution >= 0.6 is 24.0 Å². The van der Waals surface area contributed by atoms with Gasteiger partial charge in [-0.2, -0.15) is 0 Å². The largest absolute Gasteiger partial charge is 0.379 e. The number of benzene rings is 1. The molecule has 164 valence electrons. The van der Waals surface area contributed by atoms with Crippen LogP contribution in [0.1, 0.15) is 20.8 Å². The molecule has 29 heavy (non-hydrogen) atoms. The zero-order valence-electron chi connectivity index (χ0n) is 17.4. The molecular formula is C19H33IN6O3. The molecule has 0 atom stereocenters. The van der Waals surface area contributed by atoms with Crippen LogP contribution in [0.4, 0.5) is 11.4 Å². The second kappa shape index (κ2) is 12.8. The highest BCUT2D eigenvalue weighted by Crippen LogP contribution is 2.22. The van der Waals surface area contributed by atoms with Gasteiger partial charge in [-0.15, -0.1) is 24.0 Å². The highest BCUT2D eigenvalue weighted by molar-refractivity contribution is 14.0. The van der Waals surface area contributed by atoms with Crippen molar-refractivity contribution >= 4 is 41.3 Å². The van der Waals surface area contributed by atoms with E-state index in [0.29, 0.717) is 25.3 Å². The molecule has 1 aliphatic heterocycles. The average Bonchev–Trinajstić information content (AvgIpc) is 2.70. The molecule has 3 N–H and O–H groups in total. The maximum Gasteiger partial charge on any atom is 0.292 e. The fourth-order valence-electron chi connectivity index (χ4n) is 3.04. The molecule has 1 fully saturated rings. The maximum absolute atomic E-state index is 11.1. The second-order valence-electron chi connectivity index (χ2n) is 7.23. The molecular weight excluding hydrogens is 487 g/mol. The first kappa shape index (κ1) is 25.4. The van der Waals surface area contributed by atoms with Crippen LogP contribution in [0.2, 0.25) is 0 Å². The van der Waals surface area contributed by atoms with Gasteiger partial charge in [0.1, 0.15) is 5.69 Å². The van der Waals surface area contributed by atoms with E-state index < -0.39 is 0 Å². The van der Waals surface area contributed by atoms with Gasteiger partial charge >= 0.3 is 0 Å². The Morgan fingerprint density at radius 2 is 1.93 bits per heavy atom. The van der Waals surface area contributed by atoms with Crippen molar-refractivity contribution in [2.45, 2.75) is 26.3 Å². The molecule has 9 nitrogen and oxygen atoms in total. The first-order valence-electron chi connectivity index (χ1n) is 9.76. The number of aliphatic imine (C=N–C) groups is 1. The van der Waals surface area contributed by atoms with Crippen LogP contribution < -0.4 is 16.0 Å². The smallest absolute Gasteiger partial charge is 0.292 e. The number of nitrogens with one attached hydrogen (secondary N) is 3. The van der Waals surface area contributed by atoms with Crippen molar-refractivity contribution in [2.24, 2.45) is 4.99 Å². The molecule has 0 bridgehead atoms. The summed E-state index contributed by atoms with van der Waals surface area (Å²) in [5, 5.41) is 20.7. The SMILES string of the molecule is CCNC(=NCC(C)(C)N1CCOCC1)NCCNc1ccccc1[N+](=O)[O-].I. The van der Waals surface area contributed by atoms with Gasteiger partial charge in [0.25, 0.3) is 5.69 Å². The molecule has 1 aromatic rings. The summed E-state index contributed by atoms with van der Waals surface area (Å²) in [6.07, 6.45) is 0. The van der Waals surface area contributed by atoms with Crippen LogP contribution in [0.5, 0.6) is 0 Å². The van der Waals surface area contributed by atoms with Crippen molar-refractivity contribution in [1.29, 1.82) is 0 Å². The average molecular weight is 520 g/mol. The number of anilines is 1. The lowest BCUT2D eigenvalue weighted by atomic mass is 10.0. The number of rotatable bonds is 9. The van der Waals surface area contributed by atoms with Gasteiger partial charge < -0.3 is 20.7 Å². The van der Waals surface area contributed by atoms with E-state index >= 15 is 0 Å². The zero-order chi connectivity index (χ0) is 20.4. The number of morpholine rings is 1. The van der Waals surface area contributed by atoms with Gasteiger partial charge in [0, 0.05) is 44.3 Å². The fraction of sp³-hybridized carbons (Fsp3) is 0.632. The van der Waals surface area contributed by atoms with Crippen LogP contribution in [0.25, 0.3) is 0 Å². The maximum atomic E-state index is 11.1. The first-order valence-corrected chi connectivity index (χ1v) is 9.76. The molecule has 0 aliphatic carbocycles. The van der Waals surface area contributed by atoms with Crippen molar-refractivity contribution < 1.29 is 9.66 Å². The molecule has 0 unspecified atom stereocenters. The van der Waals surface area contributed by atoms with Gasteiger partial charge in [-0.25, -0.2) is 0 Å². The van der Waals surface area contributed by atoms with E-state index in [2.05, 4.69) is 34.7 Å². The van der Waals surface area contributed by atoms with Crippen molar-refractivity contribution in [2.75, 3.05) is 57.8 Å². The van der Waals surface area contributed by atoms with Gasteiger partial charge in [-0.05, 0) is 26.8 Å². The summed E-state index contributed by atoms with van der Waals surface area (Å²) >= 11 is 0. The summed E-state index contributed by atoms with van der Waals surface area (Å²) in [5.41, 5.74) is 0.551. The number of hydrogen-bond donors (Lipinski definition) is 3. The number of para-hydroxylation sites is 2. The minimum Gasteiger partial charge on any atom is -0.379 e. The number of halogens is 1. The Morgan fingerprint density at radius 1 is 1.24 bits per heavy atom. The third-order valence-electron chi connectivity index (χ3n) is 4.67. The molecule has 1 heterocycles. The lowest BCUT2D eigenvalue weighted by Crippen LogP contribution is -2.52. The standard InChI is InChI=1S/C19H32N6O3.HI/c1-4-20-18(23-15-19(2,3)24-11-13-28-14-12-24)22-10-9-21-16-7-5-6-8-17(16)25(26)27;/h5-8,21H,4,9-15H2,1-3H3,(H2,20,22,23);1H. The minimum atomic E-state index is -0.380. The zero-order valence-corrected chi connectivity index (χ0v) is 19.8. The van der Waals surface area contributed by atoms with Crippen molar-refractivity contribution in [3.63, 3.8) is 0 Å². The quantitative estimate of drug-likeness (QED) is 0.115. The summed E-state index contributed by atoms with van der Waals surface area (Å²) < 4.78 is 5.43. The molecule has 1 aliphatic rings. The Hall–Kier alpha value is -1.66. The molecule has 0 spiro atoms. The molecule has 0 saturated carbocycles. The summed E-state index contributed by atoms with van der Waals surface area (Å²) in [4.78, 5) is 17.8. The van der Waals surface area contributed by atoms with Crippen molar-refractivity contribution in [1.82, 2.24) is 15.5 Å². The van der Waals surface area contributed by atoms with E-state index in [-0.39, 0.29) is 40.1 Å². The Labute approximate surface area is 189 Å². The molecule has 0 amide bonds. The first-order chi connectivity index (χ1) is 13.4. The van der Waals surface area contributed by atoms with E-state index in [4.69, 9.17) is 9.73 Å². The number of hydrogen-bond acceptors (Lipinski definition) is 6. The number of ether oxygens (including phenoxy) is 1. The highest BCUT2D eigenvalue weighted by atomic mass is 127. The highest BCUT2D eigenvalue weighted by Gasteiger charge is 2.28. The number of nitro benzene ring substituents is 1. The van der Waals surface area contributed by atoms with Crippen LogP contribution in [0.3, 0.4) is 0 Å². The number of nitrogens with zero attached hydrogens (tertiary/aromatic N) is 3. The molecule has 1 aromatic carbocycles. The fourth-order valence-corrected chi connectivity index (χ4v) is 3.04. The minimum absolute atomic E-state index is 0. The van der Waals surface area contributed by atoms with Crippen molar-refractivity contribution in [3.05, 3.63) is 34.4 Å². The van der Waals surface area contributed by atoms with E-state index in [1.54, 1.807) is 18.2 Å². The van der Waals surface area contributed by atoms with Crippen LogP contribution in [0, 0.1) is 10.1 Å². The van der Waals surface area contributed by atoms with Gasteiger partial charge in [0.15, 0.2) is 5.96 Å². The van der Waals surface area contributed by atoms with Crippen LogP contribution in [0.15, 0.2) is 29.3 Å². The Morgan fingerprint density at radius 3 is 2.59 bits per heavy atom. The predicted octanol–water partition coefficient (Wildman–Crippen LogP) is 2.29. The van der Waals surface area contributed by atoms with E-state index in [1.807, 2.05) is 6.92 Å². The number of guanidine groups is 1. The molecule has 1 saturated heterocycles. The lowest BCUT2D eigenvalue weighted by molar-refractivity contribution is -0.384. The molecule has 10 heteroatoms. The summed E-state index contributed by atoms with van der Waals surface area (Å²) in [6.45, 7) is 12.4. The van der Waals surface area contributed by atoms with Gasteiger partial charge in [-0.3, -0.25) is 20.0 Å². The Kier molecular flexibility index (Phi) is 11.2. The third kappa shape index (κ3) is 8.31. The van der Waals surface area contributed by atoms with Crippen LogP contribution in [-0.2, 0) is 4.74 Å². The van der Waals surface area contributed by atoms with Crippen LogP contribution in [-0.4, -0.2) is 73.8 Å². The van der Waals surface area contributed by atoms with E-state index in [0.717, 1.165) is 38.8 Å². The van der Waals surface area contributed by atoms with E-state index in [9.17, 15) is 10.1 Å². The molecule has 0 aromatic heterocycles. The third-order valence-corrected chi connectivity index (χ3v) is 4.67.